The number of benzene rings is 1. The van der Waals surface area contributed by atoms with Gasteiger partial charge in [0, 0.05) is 24.3 Å². The summed E-state index contributed by atoms with van der Waals surface area (Å²) in [6.45, 7) is 4.02. The molecule has 3 aromatic rings. The van der Waals surface area contributed by atoms with Gasteiger partial charge in [0.05, 0.1) is 40.2 Å². The van der Waals surface area contributed by atoms with Crippen LogP contribution in [0.5, 0.6) is 0 Å². The van der Waals surface area contributed by atoms with Gasteiger partial charge in [-0.1, -0.05) is 0 Å². The van der Waals surface area contributed by atoms with Gasteiger partial charge < -0.3 is 19.6 Å². The molecule has 2 unspecified atom stereocenters. The van der Waals surface area contributed by atoms with E-state index < -0.39 is 16.3 Å². The van der Waals surface area contributed by atoms with E-state index in [9.17, 15) is 4.21 Å². The zero-order valence-corrected chi connectivity index (χ0v) is 16.3. The molecule has 1 aromatic carbocycles. The molecule has 4 rings (SSSR count). The number of H-pyrrole nitrogens is 1. The summed E-state index contributed by atoms with van der Waals surface area (Å²) in [6, 6.07) is 9.92. The third-order valence-electron chi connectivity index (χ3n) is 5.04. The molecule has 0 spiro atoms. The zero-order valence-electron chi connectivity index (χ0n) is 15.5. The van der Waals surface area contributed by atoms with Gasteiger partial charge in [0.2, 0.25) is 0 Å². The average Bonchev–Trinajstić information content (AvgIpc) is 3.33. The number of nitrogens with one attached hydrogen (secondary N) is 2. The molecule has 2 N–H and O–H groups in total. The molecular weight excluding hydrogens is 360 g/mol. The van der Waals surface area contributed by atoms with E-state index in [1.165, 1.54) is 0 Å². The Morgan fingerprint density at radius 1 is 1.30 bits per heavy atom. The number of methoxy groups -OCH3 is 1. The Morgan fingerprint density at radius 3 is 2.81 bits per heavy atom. The van der Waals surface area contributed by atoms with E-state index in [0.29, 0.717) is 10.9 Å². The van der Waals surface area contributed by atoms with Gasteiger partial charge in [-0.3, -0.25) is 4.21 Å². The molecular formula is C20H22N4O2S. The predicted molar refractivity (Wildman–Crippen MR) is 107 cm³/mol. The Morgan fingerprint density at radius 2 is 2.07 bits per heavy atom. The number of hydrogen-bond donors (Lipinski definition) is 2. The van der Waals surface area contributed by atoms with Gasteiger partial charge in [-0.15, -0.1) is 0 Å². The topological polar surface area (TPSA) is 71.9 Å². The Bertz CT molecular complexity index is 1070. The molecule has 2 atom stereocenters. The maximum absolute atomic E-state index is 13.0. The fraction of sp³-hybridized carbons (Fsp3) is 0.250. The summed E-state index contributed by atoms with van der Waals surface area (Å²) >= 11 is 0. The molecule has 27 heavy (non-hydrogen) atoms. The second-order valence-electron chi connectivity index (χ2n) is 6.83. The highest BCUT2D eigenvalue weighted by atomic mass is 32.2. The first-order valence-electron chi connectivity index (χ1n) is 8.71. The molecule has 0 bridgehead atoms. The van der Waals surface area contributed by atoms with Crippen molar-refractivity contribution in [2.24, 2.45) is 0 Å². The highest BCUT2D eigenvalue weighted by molar-refractivity contribution is 7.84. The van der Waals surface area contributed by atoms with Crippen LogP contribution in [-0.4, -0.2) is 37.1 Å². The van der Waals surface area contributed by atoms with E-state index >= 15 is 0 Å². The molecule has 0 saturated carbocycles. The van der Waals surface area contributed by atoms with Gasteiger partial charge in [0.15, 0.2) is 5.16 Å². The van der Waals surface area contributed by atoms with E-state index in [0.717, 1.165) is 28.1 Å². The number of dihydropyridines is 1. The second kappa shape index (κ2) is 6.74. The van der Waals surface area contributed by atoms with Crippen molar-refractivity contribution in [1.82, 2.24) is 19.9 Å². The lowest BCUT2D eigenvalue weighted by molar-refractivity contribution is 0.288. The highest BCUT2D eigenvalue weighted by Gasteiger charge is 2.33. The number of ether oxygens (including phenoxy) is 1. The number of aromatic nitrogens is 3. The van der Waals surface area contributed by atoms with Gasteiger partial charge in [-0.05, 0) is 55.8 Å². The van der Waals surface area contributed by atoms with Gasteiger partial charge in [0.25, 0.3) is 0 Å². The summed E-state index contributed by atoms with van der Waals surface area (Å²) in [7, 11) is 0.353. The van der Waals surface area contributed by atoms with E-state index in [4.69, 9.17) is 4.74 Å². The first-order valence-corrected chi connectivity index (χ1v) is 10.0. The van der Waals surface area contributed by atoms with E-state index in [-0.39, 0.29) is 0 Å². The first kappa shape index (κ1) is 17.6. The first-order chi connectivity index (χ1) is 13.0. The zero-order chi connectivity index (χ0) is 19.0. The SMILES string of the molecule is COC1=C(C)C(C)(CS(=O)c2nc3ccc(-n4cccc4)cc3[nH]2)NC=C1. The van der Waals surface area contributed by atoms with Gasteiger partial charge in [-0.25, -0.2) is 4.98 Å². The minimum atomic E-state index is -1.29. The fourth-order valence-electron chi connectivity index (χ4n) is 3.26. The van der Waals surface area contributed by atoms with Crippen molar-refractivity contribution in [3.05, 3.63) is 66.3 Å². The summed E-state index contributed by atoms with van der Waals surface area (Å²) in [5.74, 6) is 1.19. The van der Waals surface area contributed by atoms with Crippen LogP contribution in [0.1, 0.15) is 13.8 Å². The fourth-order valence-corrected chi connectivity index (χ4v) is 4.64. The Balaban J connectivity index is 1.61. The molecule has 7 heteroatoms. The Hall–Kier alpha value is -2.80. The second-order valence-corrected chi connectivity index (χ2v) is 8.19. The van der Waals surface area contributed by atoms with Gasteiger partial charge >= 0.3 is 0 Å². The molecule has 0 amide bonds. The summed E-state index contributed by atoms with van der Waals surface area (Å²) in [6.07, 6.45) is 7.69. The van der Waals surface area contributed by atoms with Crippen LogP contribution in [0.15, 0.2) is 71.5 Å². The van der Waals surface area contributed by atoms with Gasteiger partial charge in [0.1, 0.15) is 5.76 Å². The molecule has 140 valence electrons. The van der Waals surface area contributed by atoms with Crippen molar-refractivity contribution in [2.75, 3.05) is 12.9 Å². The lowest BCUT2D eigenvalue weighted by atomic mass is 9.92. The lowest BCUT2D eigenvalue weighted by Gasteiger charge is -2.34. The van der Waals surface area contributed by atoms with Crippen LogP contribution in [0.25, 0.3) is 16.7 Å². The maximum Gasteiger partial charge on any atom is 0.197 e. The number of fused-ring (bicyclic) bond motifs is 1. The summed E-state index contributed by atoms with van der Waals surface area (Å²) in [5, 5.41) is 3.80. The molecule has 0 radical (unpaired) electrons. The molecule has 2 aromatic heterocycles. The van der Waals surface area contributed by atoms with Crippen LogP contribution in [-0.2, 0) is 15.5 Å². The Kier molecular flexibility index (Phi) is 4.39. The average molecular weight is 382 g/mol. The minimum Gasteiger partial charge on any atom is -0.497 e. The van der Waals surface area contributed by atoms with Crippen LogP contribution < -0.4 is 5.32 Å². The van der Waals surface area contributed by atoms with E-state index in [1.54, 1.807) is 7.11 Å². The number of nitrogens with zero attached hydrogens (tertiary/aromatic N) is 2. The number of aromatic amines is 1. The summed E-state index contributed by atoms with van der Waals surface area (Å²) < 4.78 is 20.5. The lowest BCUT2D eigenvalue weighted by Crippen LogP contribution is -2.47. The summed E-state index contributed by atoms with van der Waals surface area (Å²) in [5.41, 5.74) is 3.27. The van der Waals surface area contributed by atoms with E-state index in [2.05, 4.69) is 15.3 Å². The van der Waals surface area contributed by atoms with Crippen molar-refractivity contribution < 1.29 is 8.95 Å². The summed E-state index contributed by atoms with van der Waals surface area (Å²) in [4.78, 5) is 7.76. The number of imidazole rings is 1. The van der Waals surface area contributed by atoms with Crippen LogP contribution in [0.4, 0.5) is 0 Å². The maximum atomic E-state index is 13.0. The largest absolute Gasteiger partial charge is 0.497 e. The quantitative estimate of drug-likeness (QED) is 0.711. The van der Waals surface area contributed by atoms with Crippen LogP contribution in [0.2, 0.25) is 0 Å². The van der Waals surface area contributed by atoms with Crippen LogP contribution in [0, 0.1) is 0 Å². The molecule has 0 fully saturated rings. The Labute approximate surface area is 160 Å². The van der Waals surface area contributed by atoms with Gasteiger partial charge in [-0.2, -0.15) is 0 Å². The molecule has 0 aliphatic carbocycles. The van der Waals surface area contributed by atoms with Crippen molar-refractivity contribution in [3.8, 4) is 5.69 Å². The number of allylic oxidation sites excluding steroid dienone is 1. The minimum absolute atomic E-state index is 0.389. The number of hydrogen-bond acceptors (Lipinski definition) is 4. The molecule has 0 saturated heterocycles. The molecule has 3 heterocycles. The normalized spacial score (nSPS) is 20.7. The predicted octanol–water partition coefficient (Wildman–Crippen LogP) is 3.26. The standard InChI is InChI=1S/C20H22N4O2S/c1-14-18(26-3)8-9-21-20(14,2)13-27(25)19-22-16-7-6-15(12-17(16)23-19)24-10-4-5-11-24/h4-12,21H,13H2,1-3H3,(H,22,23). The van der Waals surface area contributed by atoms with Crippen molar-refractivity contribution >= 4 is 21.8 Å². The monoisotopic (exact) mass is 382 g/mol. The van der Waals surface area contributed by atoms with Crippen molar-refractivity contribution in [2.45, 2.75) is 24.5 Å². The smallest absolute Gasteiger partial charge is 0.197 e. The van der Waals surface area contributed by atoms with Crippen molar-refractivity contribution in [3.63, 3.8) is 0 Å². The van der Waals surface area contributed by atoms with Crippen LogP contribution in [0.3, 0.4) is 0 Å². The third kappa shape index (κ3) is 3.19. The van der Waals surface area contributed by atoms with E-state index in [1.807, 2.05) is 73.4 Å². The molecule has 1 aliphatic heterocycles. The highest BCUT2D eigenvalue weighted by Crippen LogP contribution is 2.27. The third-order valence-corrected chi connectivity index (χ3v) is 6.50. The molecule has 6 nitrogen and oxygen atoms in total. The van der Waals surface area contributed by atoms with Crippen LogP contribution >= 0.6 is 0 Å². The number of rotatable bonds is 5. The van der Waals surface area contributed by atoms with Crippen molar-refractivity contribution in [1.29, 1.82) is 0 Å². The molecule has 1 aliphatic rings.